The van der Waals surface area contributed by atoms with Crippen molar-refractivity contribution in [1.82, 2.24) is 14.5 Å². The van der Waals surface area contributed by atoms with Crippen LogP contribution < -0.4 is 10.5 Å². The average Bonchev–Trinajstić information content (AvgIpc) is 2.70. The Morgan fingerprint density at radius 3 is 2.43 bits per heavy atom. The van der Waals surface area contributed by atoms with E-state index in [1.54, 1.807) is 11.6 Å². The molecule has 0 bridgehead atoms. The van der Waals surface area contributed by atoms with Crippen molar-refractivity contribution in [2.24, 2.45) is 7.05 Å². The predicted octanol–water partition coefficient (Wildman–Crippen LogP) is 2.51. The van der Waals surface area contributed by atoms with Crippen molar-refractivity contribution in [1.29, 1.82) is 0 Å². The van der Waals surface area contributed by atoms with Crippen LogP contribution in [0.2, 0.25) is 0 Å². The maximum atomic E-state index is 12.9. The first-order valence-electron chi connectivity index (χ1n) is 9.53. The lowest BCUT2D eigenvalue weighted by Gasteiger charge is -2.35. The van der Waals surface area contributed by atoms with Crippen LogP contribution >= 0.6 is 0 Å². The van der Waals surface area contributed by atoms with Gasteiger partial charge in [0.05, 0.1) is 11.0 Å². The summed E-state index contributed by atoms with van der Waals surface area (Å²) in [4.78, 5) is 34.1. The van der Waals surface area contributed by atoms with Crippen molar-refractivity contribution in [3.8, 4) is 0 Å². The van der Waals surface area contributed by atoms with Crippen LogP contribution in [0.3, 0.4) is 0 Å². The van der Waals surface area contributed by atoms with Gasteiger partial charge in [-0.05, 0) is 37.6 Å². The molecule has 1 aliphatic heterocycles. The zero-order chi connectivity index (χ0) is 19.8. The third kappa shape index (κ3) is 3.15. The molecule has 0 N–H and O–H groups in total. The molecule has 1 fully saturated rings. The van der Waals surface area contributed by atoms with Crippen LogP contribution in [0.1, 0.15) is 21.5 Å². The summed E-state index contributed by atoms with van der Waals surface area (Å²) in [6.07, 6.45) is 0. The molecule has 4 rings (SSSR count). The quantitative estimate of drug-likeness (QED) is 0.690. The molecule has 2 heterocycles. The Bertz CT molecular complexity index is 1110. The fourth-order valence-corrected chi connectivity index (χ4v) is 3.81. The molecular formula is C22H24N4O2. The van der Waals surface area contributed by atoms with Gasteiger partial charge in [-0.2, -0.15) is 0 Å². The minimum absolute atomic E-state index is 0.0523. The Hall–Kier alpha value is -3.15. The number of carbonyl (C=O) groups excluding carboxylic acids is 1. The molecule has 2 aromatic carbocycles. The first-order valence-corrected chi connectivity index (χ1v) is 9.53. The molecule has 1 aliphatic rings. The molecule has 1 aromatic heterocycles. The smallest absolute Gasteiger partial charge is 0.293 e. The van der Waals surface area contributed by atoms with Gasteiger partial charge in [0.15, 0.2) is 5.82 Å². The summed E-state index contributed by atoms with van der Waals surface area (Å²) >= 11 is 0. The summed E-state index contributed by atoms with van der Waals surface area (Å²) < 4.78 is 1.64. The highest BCUT2D eigenvalue weighted by Gasteiger charge is 2.25. The van der Waals surface area contributed by atoms with Crippen molar-refractivity contribution in [3.63, 3.8) is 0 Å². The summed E-state index contributed by atoms with van der Waals surface area (Å²) in [6.45, 7) is 6.33. The van der Waals surface area contributed by atoms with Crippen LogP contribution in [-0.4, -0.2) is 46.5 Å². The van der Waals surface area contributed by atoms with E-state index in [1.165, 1.54) is 0 Å². The molecule has 0 saturated carbocycles. The van der Waals surface area contributed by atoms with Crippen LogP contribution in [0.15, 0.2) is 47.3 Å². The number of rotatable bonds is 2. The first kappa shape index (κ1) is 18.2. The summed E-state index contributed by atoms with van der Waals surface area (Å²) in [7, 11) is 1.77. The minimum Gasteiger partial charge on any atom is -0.348 e. The fraction of sp³-hybridized carbons (Fsp3) is 0.318. The van der Waals surface area contributed by atoms with E-state index in [2.05, 4.69) is 4.98 Å². The Morgan fingerprint density at radius 2 is 1.71 bits per heavy atom. The largest absolute Gasteiger partial charge is 0.348 e. The maximum Gasteiger partial charge on any atom is 0.293 e. The number of carbonyl (C=O) groups is 1. The van der Waals surface area contributed by atoms with E-state index >= 15 is 0 Å². The molecule has 0 radical (unpaired) electrons. The highest BCUT2D eigenvalue weighted by atomic mass is 16.2. The zero-order valence-corrected chi connectivity index (χ0v) is 16.5. The van der Waals surface area contributed by atoms with Gasteiger partial charge in [-0.1, -0.05) is 29.8 Å². The van der Waals surface area contributed by atoms with Gasteiger partial charge in [0.25, 0.3) is 11.5 Å². The molecule has 1 amide bonds. The number of aryl methyl sites for hydroxylation is 3. The van der Waals surface area contributed by atoms with Crippen LogP contribution in [-0.2, 0) is 7.05 Å². The molecule has 0 aliphatic carbocycles. The molecule has 6 nitrogen and oxygen atoms in total. The third-order valence-electron chi connectivity index (χ3n) is 5.44. The van der Waals surface area contributed by atoms with Gasteiger partial charge in [-0.15, -0.1) is 0 Å². The lowest BCUT2D eigenvalue weighted by atomic mass is 10.0. The minimum atomic E-state index is -0.104. The number of hydrogen-bond donors (Lipinski definition) is 0. The predicted molar refractivity (Wildman–Crippen MR) is 111 cm³/mol. The topological polar surface area (TPSA) is 58.4 Å². The number of anilines is 1. The Kier molecular flexibility index (Phi) is 4.63. The van der Waals surface area contributed by atoms with Gasteiger partial charge in [-0.3, -0.25) is 9.59 Å². The summed E-state index contributed by atoms with van der Waals surface area (Å²) in [5.41, 5.74) is 4.41. The van der Waals surface area contributed by atoms with E-state index in [1.807, 2.05) is 66.1 Å². The summed E-state index contributed by atoms with van der Waals surface area (Å²) in [5.74, 6) is 0.510. The Morgan fingerprint density at radius 1 is 1.00 bits per heavy atom. The maximum absolute atomic E-state index is 12.9. The number of hydrogen-bond acceptors (Lipinski definition) is 4. The monoisotopic (exact) mass is 376 g/mol. The Labute approximate surface area is 164 Å². The average molecular weight is 376 g/mol. The van der Waals surface area contributed by atoms with Gasteiger partial charge in [0, 0.05) is 38.8 Å². The summed E-state index contributed by atoms with van der Waals surface area (Å²) in [6, 6.07) is 13.5. The number of benzene rings is 2. The number of piperazine rings is 1. The Balaban J connectivity index is 1.55. The molecule has 28 heavy (non-hydrogen) atoms. The second kappa shape index (κ2) is 7.11. The van der Waals surface area contributed by atoms with Crippen molar-refractivity contribution in [3.05, 3.63) is 69.5 Å². The molecule has 6 heteroatoms. The molecule has 144 valence electrons. The van der Waals surface area contributed by atoms with E-state index in [0.29, 0.717) is 32.0 Å². The van der Waals surface area contributed by atoms with Crippen molar-refractivity contribution in [2.45, 2.75) is 13.8 Å². The standard InChI is InChI=1S/C22H24N4O2/c1-15-8-9-17(16(2)14-15)21(27)26-12-10-25(11-13-26)20-22(28)24(3)19-7-5-4-6-18(19)23-20/h4-9,14H,10-13H2,1-3H3. The third-order valence-corrected chi connectivity index (χ3v) is 5.44. The second-order valence-electron chi connectivity index (χ2n) is 7.39. The lowest BCUT2D eigenvalue weighted by molar-refractivity contribution is 0.0745. The van der Waals surface area contributed by atoms with Gasteiger partial charge in [-0.25, -0.2) is 4.98 Å². The highest BCUT2D eigenvalue weighted by molar-refractivity contribution is 5.95. The van der Waals surface area contributed by atoms with Gasteiger partial charge in [0.2, 0.25) is 0 Å². The second-order valence-corrected chi connectivity index (χ2v) is 7.39. The number of para-hydroxylation sites is 2. The van der Waals surface area contributed by atoms with Gasteiger partial charge in [0.1, 0.15) is 0 Å². The van der Waals surface area contributed by atoms with Crippen molar-refractivity contribution >= 4 is 22.8 Å². The van der Waals surface area contributed by atoms with E-state index in [9.17, 15) is 9.59 Å². The lowest BCUT2D eigenvalue weighted by Crippen LogP contribution is -2.50. The molecule has 1 saturated heterocycles. The molecule has 3 aromatic rings. The number of amides is 1. The van der Waals surface area contributed by atoms with E-state index in [0.717, 1.165) is 27.7 Å². The summed E-state index contributed by atoms with van der Waals surface area (Å²) in [5, 5.41) is 0. The molecule has 0 spiro atoms. The van der Waals surface area contributed by atoms with Crippen molar-refractivity contribution in [2.75, 3.05) is 31.1 Å². The van der Waals surface area contributed by atoms with Crippen molar-refractivity contribution < 1.29 is 4.79 Å². The van der Waals surface area contributed by atoms with Gasteiger partial charge >= 0.3 is 0 Å². The SMILES string of the molecule is Cc1ccc(C(=O)N2CCN(c3nc4ccccc4n(C)c3=O)CC2)c(C)c1. The molecular weight excluding hydrogens is 352 g/mol. The molecule has 0 atom stereocenters. The number of fused-ring (bicyclic) bond motifs is 1. The van der Waals surface area contributed by atoms with Gasteiger partial charge < -0.3 is 14.4 Å². The number of aromatic nitrogens is 2. The number of nitrogens with zero attached hydrogens (tertiary/aromatic N) is 4. The van der Waals surface area contributed by atoms with E-state index in [-0.39, 0.29) is 11.5 Å². The first-order chi connectivity index (χ1) is 13.5. The normalized spacial score (nSPS) is 14.5. The van der Waals surface area contributed by atoms with Crippen LogP contribution in [0, 0.1) is 13.8 Å². The van der Waals surface area contributed by atoms with E-state index in [4.69, 9.17) is 0 Å². The zero-order valence-electron chi connectivity index (χ0n) is 16.5. The van der Waals surface area contributed by atoms with E-state index < -0.39 is 0 Å². The highest BCUT2D eigenvalue weighted by Crippen LogP contribution is 2.18. The molecule has 0 unspecified atom stereocenters. The van der Waals surface area contributed by atoms with Crippen LogP contribution in [0.25, 0.3) is 11.0 Å². The van der Waals surface area contributed by atoms with Crippen LogP contribution in [0.4, 0.5) is 5.82 Å². The van der Waals surface area contributed by atoms with Crippen LogP contribution in [0.5, 0.6) is 0 Å². The fourth-order valence-electron chi connectivity index (χ4n) is 3.81.